The summed E-state index contributed by atoms with van der Waals surface area (Å²) in [5.41, 5.74) is -0.0870. The fraction of sp³-hybridized carbons (Fsp3) is 0.444. The summed E-state index contributed by atoms with van der Waals surface area (Å²) >= 11 is 12.0. The predicted molar refractivity (Wildman–Crippen MR) is 98.9 cm³/mol. The number of benzene rings is 1. The van der Waals surface area contributed by atoms with E-state index in [9.17, 15) is 5.21 Å². The molecule has 0 amide bonds. The zero-order chi connectivity index (χ0) is 18.2. The van der Waals surface area contributed by atoms with Crippen molar-refractivity contribution in [3.8, 4) is 11.6 Å². The van der Waals surface area contributed by atoms with E-state index in [0.717, 1.165) is 17.6 Å². The van der Waals surface area contributed by atoms with Gasteiger partial charge >= 0.3 is 0 Å². The molecule has 0 spiro atoms. The highest BCUT2D eigenvalue weighted by atomic mass is 35.5. The number of halogens is 2. The first kappa shape index (κ1) is 19.6. The van der Waals surface area contributed by atoms with Crippen LogP contribution in [-0.2, 0) is 6.42 Å². The van der Waals surface area contributed by atoms with E-state index in [2.05, 4.69) is 11.9 Å². The fourth-order valence-corrected chi connectivity index (χ4v) is 2.92. The predicted octanol–water partition coefficient (Wildman–Crippen LogP) is 5.60. The standard InChI is InChI=1S/C18H23Cl2N3O2/c1-2-3-4-5-6-7-8-17-22-18(12-16(21)23(17)24)25-15-10-9-13(19)11-14(15)20/h9-12,21,24H,2-8H2,1H3. The van der Waals surface area contributed by atoms with Gasteiger partial charge in [0.2, 0.25) is 5.88 Å². The van der Waals surface area contributed by atoms with Crippen molar-refractivity contribution in [2.45, 2.75) is 51.9 Å². The Hall–Kier alpha value is -1.72. The number of unbranched alkanes of at least 4 members (excludes halogenated alkanes) is 5. The van der Waals surface area contributed by atoms with E-state index in [4.69, 9.17) is 33.3 Å². The van der Waals surface area contributed by atoms with Gasteiger partial charge in [0.25, 0.3) is 0 Å². The molecule has 25 heavy (non-hydrogen) atoms. The fourth-order valence-electron chi connectivity index (χ4n) is 2.47. The molecule has 0 aliphatic carbocycles. The monoisotopic (exact) mass is 383 g/mol. The zero-order valence-electron chi connectivity index (χ0n) is 14.3. The van der Waals surface area contributed by atoms with Gasteiger partial charge < -0.3 is 9.94 Å². The quantitative estimate of drug-likeness (QED) is 0.437. The topological polar surface area (TPSA) is 71.1 Å². The third-order valence-electron chi connectivity index (χ3n) is 3.83. The van der Waals surface area contributed by atoms with Crippen molar-refractivity contribution in [2.24, 2.45) is 0 Å². The van der Waals surface area contributed by atoms with Crippen LogP contribution in [0.5, 0.6) is 11.6 Å². The Bertz CT molecular complexity index is 762. The Morgan fingerprint density at radius 1 is 1.12 bits per heavy atom. The first-order chi connectivity index (χ1) is 12.0. The lowest BCUT2D eigenvalue weighted by molar-refractivity contribution is 0.153. The minimum Gasteiger partial charge on any atom is -0.437 e. The maximum absolute atomic E-state index is 9.99. The van der Waals surface area contributed by atoms with Crippen LogP contribution in [0, 0.1) is 5.41 Å². The SMILES string of the molecule is CCCCCCCCc1nc(Oc2ccc(Cl)cc2Cl)cc(=N)n1O. The summed E-state index contributed by atoms with van der Waals surface area (Å²) in [6, 6.07) is 6.22. The third-order valence-corrected chi connectivity index (χ3v) is 4.36. The first-order valence-corrected chi connectivity index (χ1v) is 9.26. The van der Waals surface area contributed by atoms with Gasteiger partial charge in [-0.2, -0.15) is 9.71 Å². The summed E-state index contributed by atoms with van der Waals surface area (Å²) < 4.78 is 6.45. The van der Waals surface area contributed by atoms with Crippen LogP contribution < -0.4 is 10.2 Å². The van der Waals surface area contributed by atoms with Crippen LogP contribution in [0.2, 0.25) is 10.0 Å². The third kappa shape index (κ3) is 5.94. The first-order valence-electron chi connectivity index (χ1n) is 8.51. The average Bonchev–Trinajstić information content (AvgIpc) is 2.57. The minimum atomic E-state index is -0.0870. The Kier molecular flexibility index (Phi) is 7.59. The van der Waals surface area contributed by atoms with Gasteiger partial charge in [-0.05, 0) is 24.6 Å². The van der Waals surface area contributed by atoms with E-state index in [1.165, 1.54) is 31.7 Å². The Morgan fingerprint density at radius 3 is 2.56 bits per heavy atom. The molecule has 0 unspecified atom stereocenters. The van der Waals surface area contributed by atoms with Crippen molar-refractivity contribution in [2.75, 3.05) is 0 Å². The summed E-state index contributed by atoms with van der Waals surface area (Å²) in [6.07, 6.45) is 7.42. The molecule has 0 fully saturated rings. The maximum Gasteiger partial charge on any atom is 0.224 e. The molecule has 136 valence electrons. The summed E-state index contributed by atoms with van der Waals surface area (Å²) in [5.74, 6) is 1.03. The molecule has 0 saturated carbocycles. The van der Waals surface area contributed by atoms with Gasteiger partial charge in [0.05, 0.1) is 5.02 Å². The van der Waals surface area contributed by atoms with Gasteiger partial charge in [-0.3, -0.25) is 5.41 Å². The molecule has 0 radical (unpaired) electrons. The lowest BCUT2D eigenvalue weighted by Gasteiger charge is -2.11. The number of nitrogens with zero attached hydrogens (tertiary/aromatic N) is 2. The molecular weight excluding hydrogens is 361 g/mol. The van der Waals surface area contributed by atoms with Crippen molar-refractivity contribution in [3.05, 3.63) is 45.6 Å². The van der Waals surface area contributed by atoms with E-state index in [1.54, 1.807) is 18.2 Å². The van der Waals surface area contributed by atoms with E-state index >= 15 is 0 Å². The van der Waals surface area contributed by atoms with Crippen molar-refractivity contribution in [1.82, 2.24) is 9.71 Å². The van der Waals surface area contributed by atoms with E-state index in [0.29, 0.717) is 28.0 Å². The van der Waals surface area contributed by atoms with E-state index < -0.39 is 0 Å². The van der Waals surface area contributed by atoms with E-state index in [1.807, 2.05) is 0 Å². The molecule has 0 bridgehead atoms. The average molecular weight is 384 g/mol. The molecule has 1 aromatic carbocycles. The number of nitrogens with one attached hydrogen (secondary N) is 1. The van der Waals surface area contributed by atoms with Crippen LogP contribution in [0.15, 0.2) is 24.3 Å². The minimum absolute atomic E-state index is 0.0870. The van der Waals surface area contributed by atoms with Crippen molar-refractivity contribution < 1.29 is 9.94 Å². The normalized spacial score (nSPS) is 10.8. The van der Waals surface area contributed by atoms with Crippen LogP contribution >= 0.6 is 23.2 Å². The molecule has 0 atom stereocenters. The van der Waals surface area contributed by atoms with Gasteiger partial charge in [-0.15, -0.1) is 0 Å². The summed E-state index contributed by atoms with van der Waals surface area (Å²) in [4.78, 5) is 4.31. The summed E-state index contributed by atoms with van der Waals surface area (Å²) in [6.45, 7) is 2.19. The second kappa shape index (κ2) is 9.68. The lowest BCUT2D eigenvalue weighted by Crippen LogP contribution is -2.22. The molecule has 0 aliphatic heterocycles. The molecule has 1 aromatic heterocycles. The van der Waals surface area contributed by atoms with Gasteiger partial charge in [0.1, 0.15) is 5.75 Å². The number of aromatic nitrogens is 2. The number of ether oxygens (including phenoxy) is 1. The number of hydrogen-bond acceptors (Lipinski definition) is 4. The molecular formula is C18H23Cl2N3O2. The molecule has 2 aromatic rings. The second-order valence-corrected chi connectivity index (χ2v) is 6.75. The molecule has 2 N–H and O–H groups in total. The number of rotatable bonds is 9. The molecule has 5 nitrogen and oxygen atoms in total. The zero-order valence-corrected chi connectivity index (χ0v) is 15.8. The summed E-state index contributed by atoms with van der Waals surface area (Å²) in [5, 5.41) is 18.7. The summed E-state index contributed by atoms with van der Waals surface area (Å²) in [7, 11) is 0. The van der Waals surface area contributed by atoms with Crippen LogP contribution in [0.4, 0.5) is 0 Å². The van der Waals surface area contributed by atoms with Crippen molar-refractivity contribution in [1.29, 1.82) is 5.41 Å². The largest absolute Gasteiger partial charge is 0.437 e. The van der Waals surface area contributed by atoms with Gasteiger partial charge in [0, 0.05) is 17.5 Å². The second-order valence-electron chi connectivity index (χ2n) is 5.90. The van der Waals surface area contributed by atoms with E-state index in [-0.39, 0.29) is 11.4 Å². The van der Waals surface area contributed by atoms with Crippen LogP contribution in [-0.4, -0.2) is 14.9 Å². The molecule has 7 heteroatoms. The smallest absolute Gasteiger partial charge is 0.224 e. The van der Waals surface area contributed by atoms with Gasteiger partial charge in [0.15, 0.2) is 11.3 Å². The molecule has 2 rings (SSSR count). The molecule has 0 aliphatic rings. The Morgan fingerprint density at radius 2 is 1.84 bits per heavy atom. The Labute approximate surface area is 157 Å². The number of aryl methyl sites for hydroxylation is 1. The van der Waals surface area contributed by atoms with Gasteiger partial charge in [-0.25, -0.2) is 0 Å². The molecule has 0 saturated heterocycles. The lowest BCUT2D eigenvalue weighted by atomic mass is 10.1. The highest BCUT2D eigenvalue weighted by Gasteiger charge is 2.10. The van der Waals surface area contributed by atoms with Gasteiger partial charge in [-0.1, -0.05) is 62.2 Å². The number of hydrogen-bond donors (Lipinski definition) is 2. The van der Waals surface area contributed by atoms with Crippen LogP contribution in [0.3, 0.4) is 0 Å². The van der Waals surface area contributed by atoms with Crippen molar-refractivity contribution in [3.63, 3.8) is 0 Å². The van der Waals surface area contributed by atoms with Crippen LogP contribution in [0.1, 0.15) is 51.3 Å². The highest BCUT2D eigenvalue weighted by Crippen LogP contribution is 2.30. The highest BCUT2D eigenvalue weighted by molar-refractivity contribution is 6.35. The Balaban J connectivity index is 2.05. The maximum atomic E-state index is 9.99. The molecule has 1 heterocycles. The van der Waals surface area contributed by atoms with Crippen molar-refractivity contribution >= 4 is 23.2 Å². The van der Waals surface area contributed by atoms with Crippen LogP contribution in [0.25, 0.3) is 0 Å².